The molecule has 0 aromatic heterocycles. The van der Waals surface area contributed by atoms with E-state index in [9.17, 15) is 22.6 Å². The number of rotatable bonds is 4. The maximum absolute atomic E-state index is 13.0. The van der Waals surface area contributed by atoms with Crippen LogP contribution in [0, 0.1) is 5.92 Å². The lowest BCUT2D eigenvalue weighted by Crippen LogP contribution is -2.62. The van der Waals surface area contributed by atoms with Crippen molar-refractivity contribution in [3.05, 3.63) is 35.9 Å². The average molecular weight is 352 g/mol. The molecule has 0 saturated carbocycles. The molecule has 1 aromatic carbocycles. The Hall–Kier alpha value is -1.77. The number of hydrogen-bond acceptors (Lipinski definition) is 5. The summed E-state index contributed by atoms with van der Waals surface area (Å²) in [5, 5.41) is 2.92. The molecule has 0 bridgehead atoms. The average Bonchev–Trinajstić information content (AvgIpc) is 2.74. The second-order valence-corrected chi connectivity index (χ2v) is 7.87. The van der Waals surface area contributed by atoms with Crippen molar-refractivity contribution in [1.82, 2.24) is 10.2 Å². The second-order valence-electron chi connectivity index (χ2n) is 6.42. The van der Waals surface area contributed by atoms with Gasteiger partial charge in [0.2, 0.25) is 5.91 Å². The fourth-order valence-corrected chi connectivity index (χ4v) is 4.78. The lowest BCUT2D eigenvalue weighted by molar-refractivity contribution is -0.142. The van der Waals surface area contributed by atoms with Gasteiger partial charge in [-0.15, -0.1) is 0 Å². The number of fused-ring (bicyclic) bond motifs is 1. The molecule has 2 fully saturated rings. The van der Waals surface area contributed by atoms with E-state index in [2.05, 4.69) is 5.32 Å². The Kier molecular flexibility index (Phi) is 4.23. The van der Waals surface area contributed by atoms with Crippen LogP contribution in [0.1, 0.15) is 31.4 Å². The van der Waals surface area contributed by atoms with Gasteiger partial charge < -0.3 is 5.32 Å². The predicted molar refractivity (Wildman–Crippen MR) is 86.6 cm³/mol. The summed E-state index contributed by atoms with van der Waals surface area (Å²) in [6.07, 6.45) is 1.09. The Balaban J connectivity index is 2.02. The van der Waals surface area contributed by atoms with E-state index in [1.165, 1.54) is 0 Å². The molecule has 2 aliphatic heterocycles. The van der Waals surface area contributed by atoms with E-state index >= 15 is 0 Å². The molecule has 0 unspecified atom stereocenters. The standard InChI is InChI=1S/C16H20N2O5S/c1-11(12-6-3-2-4-7-12)18-14(19)13-8-5-9-17-16(13,15(18)20)10-24(21,22)23/h2-4,6-7,11,13,17H,5,8-10H2,1H3,(H,21,22,23)/t11-,13-,16-/m0/s1. The van der Waals surface area contributed by atoms with E-state index in [4.69, 9.17) is 0 Å². The number of likely N-dealkylation sites (tertiary alicyclic amines) is 1. The Morgan fingerprint density at radius 2 is 2.00 bits per heavy atom. The van der Waals surface area contributed by atoms with E-state index < -0.39 is 39.3 Å². The van der Waals surface area contributed by atoms with Crippen LogP contribution in [-0.4, -0.2) is 47.5 Å². The summed E-state index contributed by atoms with van der Waals surface area (Å²) in [5.74, 6) is -2.52. The molecule has 0 radical (unpaired) electrons. The fraction of sp³-hybridized carbons (Fsp3) is 0.500. The van der Waals surface area contributed by atoms with E-state index in [0.717, 1.165) is 10.5 Å². The number of carbonyl (C=O) groups is 2. The molecule has 2 amide bonds. The SMILES string of the molecule is C[C@@H](c1ccccc1)N1C(=O)[C@@H]2CCCN[C@]2(CS(=O)(=O)O)C1=O. The highest BCUT2D eigenvalue weighted by atomic mass is 32.2. The highest BCUT2D eigenvalue weighted by molar-refractivity contribution is 7.85. The van der Waals surface area contributed by atoms with Gasteiger partial charge in [0.1, 0.15) is 11.3 Å². The molecule has 0 aliphatic carbocycles. The van der Waals surface area contributed by atoms with E-state index in [-0.39, 0.29) is 5.91 Å². The Morgan fingerprint density at radius 1 is 1.33 bits per heavy atom. The van der Waals surface area contributed by atoms with Crippen molar-refractivity contribution in [2.24, 2.45) is 5.92 Å². The van der Waals surface area contributed by atoms with Crippen LogP contribution < -0.4 is 5.32 Å². The molecule has 130 valence electrons. The minimum Gasteiger partial charge on any atom is -0.302 e. The fourth-order valence-electron chi connectivity index (χ4n) is 3.78. The minimum atomic E-state index is -4.42. The zero-order valence-electron chi connectivity index (χ0n) is 13.3. The Morgan fingerprint density at radius 3 is 2.62 bits per heavy atom. The van der Waals surface area contributed by atoms with Gasteiger partial charge in [-0.3, -0.25) is 19.0 Å². The van der Waals surface area contributed by atoms with Crippen molar-refractivity contribution < 1.29 is 22.6 Å². The van der Waals surface area contributed by atoms with Crippen molar-refractivity contribution in [2.75, 3.05) is 12.3 Å². The van der Waals surface area contributed by atoms with Crippen LogP contribution in [0.25, 0.3) is 0 Å². The first-order chi connectivity index (χ1) is 11.3. The van der Waals surface area contributed by atoms with Crippen LogP contribution in [0.4, 0.5) is 0 Å². The number of imide groups is 1. The number of amides is 2. The first-order valence-corrected chi connectivity index (χ1v) is 9.50. The van der Waals surface area contributed by atoms with Crippen molar-refractivity contribution in [1.29, 1.82) is 0 Å². The lowest BCUT2D eigenvalue weighted by atomic mass is 9.81. The molecule has 0 spiro atoms. The third-order valence-electron chi connectivity index (χ3n) is 4.92. The van der Waals surface area contributed by atoms with Gasteiger partial charge in [-0.1, -0.05) is 30.3 Å². The Labute approximate surface area is 140 Å². The first kappa shape index (κ1) is 17.1. The normalized spacial score (nSPS) is 28.8. The van der Waals surface area contributed by atoms with Crippen molar-refractivity contribution in [2.45, 2.75) is 31.3 Å². The molecule has 3 rings (SSSR count). The summed E-state index contributed by atoms with van der Waals surface area (Å²) in [5.41, 5.74) is -0.772. The molecule has 2 saturated heterocycles. The zero-order chi connectivity index (χ0) is 17.5. The zero-order valence-corrected chi connectivity index (χ0v) is 14.1. The number of nitrogens with zero attached hydrogens (tertiary/aromatic N) is 1. The van der Waals surface area contributed by atoms with Crippen LogP contribution in [0.2, 0.25) is 0 Å². The number of carbonyl (C=O) groups excluding carboxylic acids is 2. The summed E-state index contributed by atoms with van der Waals surface area (Å²) in [4.78, 5) is 27.0. The molecule has 7 nitrogen and oxygen atoms in total. The molecule has 2 aliphatic rings. The third-order valence-corrected chi connectivity index (χ3v) is 5.74. The van der Waals surface area contributed by atoms with Crippen LogP contribution in [0.3, 0.4) is 0 Å². The summed E-state index contributed by atoms with van der Waals surface area (Å²) in [6.45, 7) is 2.17. The summed E-state index contributed by atoms with van der Waals surface area (Å²) < 4.78 is 32.2. The summed E-state index contributed by atoms with van der Waals surface area (Å²) in [7, 11) is -4.42. The monoisotopic (exact) mass is 352 g/mol. The molecule has 2 heterocycles. The van der Waals surface area contributed by atoms with Crippen molar-refractivity contribution in [3.63, 3.8) is 0 Å². The molecule has 8 heteroatoms. The summed E-state index contributed by atoms with van der Waals surface area (Å²) >= 11 is 0. The van der Waals surface area contributed by atoms with Crippen molar-refractivity contribution >= 4 is 21.9 Å². The number of piperidine rings is 1. The van der Waals surface area contributed by atoms with Crippen LogP contribution >= 0.6 is 0 Å². The molecular weight excluding hydrogens is 332 g/mol. The quantitative estimate of drug-likeness (QED) is 0.612. The van der Waals surface area contributed by atoms with Gasteiger partial charge in [-0.2, -0.15) is 8.42 Å². The number of nitrogens with one attached hydrogen (secondary N) is 1. The van der Waals surface area contributed by atoms with Crippen LogP contribution in [0.5, 0.6) is 0 Å². The van der Waals surface area contributed by atoms with E-state index in [0.29, 0.717) is 19.4 Å². The van der Waals surface area contributed by atoms with Gasteiger partial charge >= 0.3 is 0 Å². The van der Waals surface area contributed by atoms with Crippen LogP contribution in [0.15, 0.2) is 30.3 Å². The minimum absolute atomic E-state index is 0.382. The van der Waals surface area contributed by atoms with Gasteiger partial charge in [0.05, 0.1) is 12.0 Å². The smallest absolute Gasteiger partial charge is 0.267 e. The number of hydrogen-bond donors (Lipinski definition) is 2. The van der Waals surface area contributed by atoms with Gasteiger partial charge in [-0.05, 0) is 31.9 Å². The van der Waals surface area contributed by atoms with E-state index in [1.54, 1.807) is 6.92 Å². The topological polar surface area (TPSA) is 104 Å². The maximum Gasteiger partial charge on any atom is 0.267 e. The molecule has 24 heavy (non-hydrogen) atoms. The van der Waals surface area contributed by atoms with Gasteiger partial charge in [0, 0.05) is 0 Å². The second kappa shape index (κ2) is 5.94. The van der Waals surface area contributed by atoms with Gasteiger partial charge in [-0.25, -0.2) is 0 Å². The predicted octanol–water partition coefficient (Wildman–Crippen LogP) is 0.743. The Bertz CT molecular complexity index is 764. The van der Waals surface area contributed by atoms with Gasteiger partial charge in [0.15, 0.2) is 0 Å². The largest absolute Gasteiger partial charge is 0.302 e. The van der Waals surface area contributed by atoms with Crippen LogP contribution in [-0.2, 0) is 19.7 Å². The highest BCUT2D eigenvalue weighted by Gasteiger charge is 2.62. The summed E-state index contributed by atoms with van der Waals surface area (Å²) in [6, 6.07) is 8.60. The lowest BCUT2D eigenvalue weighted by Gasteiger charge is -2.35. The van der Waals surface area contributed by atoms with E-state index in [1.807, 2.05) is 30.3 Å². The first-order valence-electron chi connectivity index (χ1n) is 7.89. The van der Waals surface area contributed by atoms with Crippen molar-refractivity contribution in [3.8, 4) is 0 Å². The third kappa shape index (κ3) is 2.74. The maximum atomic E-state index is 13.0. The molecule has 3 atom stereocenters. The van der Waals surface area contributed by atoms with Gasteiger partial charge in [0.25, 0.3) is 16.0 Å². The molecular formula is C16H20N2O5S. The molecule has 1 aromatic rings. The highest BCUT2D eigenvalue weighted by Crippen LogP contribution is 2.41. The molecule has 2 N–H and O–H groups in total. The number of benzene rings is 1.